The standard InChI is InChI=1S/C23H26N2O4/c1-4-8-18-15-19(16-20(28-2)21(18)29-3)23(27)25-13-11-24(12-14-25)22(26)17-9-6-5-7-10-17/h4-10,15-16H,11-14H2,1-3H3/b8-4+. The van der Waals surface area contributed by atoms with Crippen molar-refractivity contribution in [3.05, 3.63) is 65.2 Å². The van der Waals surface area contributed by atoms with E-state index in [0.717, 1.165) is 5.56 Å². The summed E-state index contributed by atoms with van der Waals surface area (Å²) < 4.78 is 10.9. The van der Waals surface area contributed by atoms with Gasteiger partial charge < -0.3 is 19.3 Å². The number of piperazine rings is 1. The van der Waals surface area contributed by atoms with Gasteiger partial charge in [0.1, 0.15) is 0 Å². The third-order valence-electron chi connectivity index (χ3n) is 4.98. The van der Waals surface area contributed by atoms with Crippen LogP contribution < -0.4 is 9.47 Å². The molecule has 0 aliphatic carbocycles. The second kappa shape index (κ2) is 9.28. The fourth-order valence-electron chi connectivity index (χ4n) is 3.48. The fourth-order valence-corrected chi connectivity index (χ4v) is 3.48. The Bertz CT molecular complexity index is 901. The smallest absolute Gasteiger partial charge is 0.254 e. The summed E-state index contributed by atoms with van der Waals surface area (Å²) in [6.45, 7) is 3.90. The van der Waals surface area contributed by atoms with E-state index in [1.54, 1.807) is 30.1 Å². The third-order valence-corrected chi connectivity index (χ3v) is 4.98. The van der Waals surface area contributed by atoms with Crippen molar-refractivity contribution in [1.29, 1.82) is 0 Å². The molecule has 2 amide bonds. The van der Waals surface area contributed by atoms with Crippen LogP contribution in [0.2, 0.25) is 0 Å². The highest BCUT2D eigenvalue weighted by Gasteiger charge is 2.26. The summed E-state index contributed by atoms with van der Waals surface area (Å²) in [6, 6.07) is 12.7. The Morgan fingerprint density at radius 1 is 0.862 bits per heavy atom. The number of carbonyl (C=O) groups excluding carboxylic acids is 2. The predicted octanol–water partition coefficient (Wildman–Crippen LogP) is 3.34. The molecule has 1 saturated heterocycles. The van der Waals surface area contributed by atoms with Crippen molar-refractivity contribution in [3.63, 3.8) is 0 Å². The van der Waals surface area contributed by atoms with Gasteiger partial charge in [-0.3, -0.25) is 9.59 Å². The lowest BCUT2D eigenvalue weighted by Crippen LogP contribution is -2.50. The Balaban J connectivity index is 1.74. The number of amides is 2. The summed E-state index contributed by atoms with van der Waals surface area (Å²) in [5.41, 5.74) is 2.00. The van der Waals surface area contributed by atoms with E-state index >= 15 is 0 Å². The van der Waals surface area contributed by atoms with Crippen LogP contribution >= 0.6 is 0 Å². The maximum absolute atomic E-state index is 13.1. The number of rotatable bonds is 5. The van der Waals surface area contributed by atoms with Crippen LogP contribution in [0.1, 0.15) is 33.2 Å². The molecule has 0 bridgehead atoms. The van der Waals surface area contributed by atoms with Gasteiger partial charge in [-0.25, -0.2) is 0 Å². The quantitative estimate of drug-likeness (QED) is 0.781. The molecule has 1 aliphatic heterocycles. The van der Waals surface area contributed by atoms with E-state index in [1.165, 1.54) is 0 Å². The average Bonchev–Trinajstić information content (AvgIpc) is 2.78. The molecule has 152 valence electrons. The molecule has 2 aromatic rings. The summed E-state index contributed by atoms with van der Waals surface area (Å²) in [6.07, 6.45) is 3.77. The average molecular weight is 394 g/mol. The SMILES string of the molecule is C/C=C/c1cc(C(=O)N2CCN(C(=O)c3ccccc3)CC2)cc(OC)c1OC. The summed E-state index contributed by atoms with van der Waals surface area (Å²) in [7, 11) is 3.13. The molecule has 0 N–H and O–H groups in total. The van der Waals surface area contributed by atoms with Crippen molar-refractivity contribution in [1.82, 2.24) is 9.80 Å². The number of hydrogen-bond acceptors (Lipinski definition) is 4. The summed E-state index contributed by atoms with van der Waals surface area (Å²) >= 11 is 0. The molecular formula is C23H26N2O4. The first-order chi connectivity index (χ1) is 14.1. The van der Waals surface area contributed by atoms with Crippen molar-refractivity contribution in [2.24, 2.45) is 0 Å². The normalized spacial score (nSPS) is 14.2. The minimum Gasteiger partial charge on any atom is -0.493 e. The van der Waals surface area contributed by atoms with Crippen LogP contribution in [-0.4, -0.2) is 62.0 Å². The number of hydrogen-bond donors (Lipinski definition) is 0. The Kier molecular flexibility index (Phi) is 6.54. The molecule has 3 rings (SSSR count). The lowest BCUT2D eigenvalue weighted by molar-refractivity contribution is 0.0535. The van der Waals surface area contributed by atoms with E-state index in [2.05, 4.69) is 0 Å². The molecule has 6 nitrogen and oxygen atoms in total. The number of nitrogens with zero attached hydrogens (tertiary/aromatic N) is 2. The zero-order valence-corrected chi connectivity index (χ0v) is 17.1. The maximum atomic E-state index is 13.1. The second-order valence-electron chi connectivity index (χ2n) is 6.75. The Morgan fingerprint density at radius 3 is 1.97 bits per heavy atom. The molecule has 0 unspecified atom stereocenters. The van der Waals surface area contributed by atoms with E-state index in [1.807, 2.05) is 55.5 Å². The van der Waals surface area contributed by atoms with E-state index in [9.17, 15) is 9.59 Å². The molecule has 1 fully saturated rings. The van der Waals surface area contributed by atoms with Gasteiger partial charge in [-0.2, -0.15) is 0 Å². The topological polar surface area (TPSA) is 59.1 Å². The number of ether oxygens (including phenoxy) is 2. The zero-order chi connectivity index (χ0) is 20.8. The first-order valence-corrected chi connectivity index (χ1v) is 9.61. The van der Waals surface area contributed by atoms with Gasteiger partial charge in [0.25, 0.3) is 11.8 Å². The van der Waals surface area contributed by atoms with Gasteiger partial charge in [0.2, 0.25) is 0 Å². The van der Waals surface area contributed by atoms with Crippen LogP contribution in [-0.2, 0) is 0 Å². The molecule has 2 aromatic carbocycles. The lowest BCUT2D eigenvalue weighted by Gasteiger charge is -2.35. The highest BCUT2D eigenvalue weighted by atomic mass is 16.5. The van der Waals surface area contributed by atoms with Gasteiger partial charge in [0, 0.05) is 42.9 Å². The summed E-state index contributed by atoms with van der Waals surface area (Å²) in [4.78, 5) is 29.2. The molecule has 0 aromatic heterocycles. The molecule has 0 atom stereocenters. The maximum Gasteiger partial charge on any atom is 0.254 e. The first kappa shape index (κ1) is 20.5. The van der Waals surface area contributed by atoms with E-state index in [0.29, 0.717) is 48.8 Å². The van der Waals surface area contributed by atoms with Gasteiger partial charge in [0.05, 0.1) is 14.2 Å². The molecule has 0 radical (unpaired) electrons. The predicted molar refractivity (Wildman–Crippen MR) is 113 cm³/mol. The van der Waals surface area contributed by atoms with Gasteiger partial charge in [0.15, 0.2) is 11.5 Å². The molecule has 29 heavy (non-hydrogen) atoms. The lowest BCUT2D eigenvalue weighted by atomic mass is 10.1. The van der Waals surface area contributed by atoms with Crippen LogP contribution in [0.4, 0.5) is 0 Å². The van der Waals surface area contributed by atoms with E-state index in [4.69, 9.17) is 9.47 Å². The van der Waals surface area contributed by atoms with Crippen molar-refractivity contribution >= 4 is 17.9 Å². The highest BCUT2D eigenvalue weighted by molar-refractivity contribution is 5.97. The van der Waals surface area contributed by atoms with Gasteiger partial charge >= 0.3 is 0 Å². The molecule has 6 heteroatoms. The zero-order valence-electron chi connectivity index (χ0n) is 17.1. The molecule has 0 saturated carbocycles. The van der Waals surface area contributed by atoms with E-state index < -0.39 is 0 Å². The minimum absolute atomic E-state index is 0.000755. The largest absolute Gasteiger partial charge is 0.493 e. The summed E-state index contributed by atoms with van der Waals surface area (Å²) in [5, 5.41) is 0. The van der Waals surface area contributed by atoms with Gasteiger partial charge in [-0.05, 0) is 31.2 Å². The van der Waals surface area contributed by atoms with Crippen LogP contribution in [0.25, 0.3) is 6.08 Å². The Morgan fingerprint density at radius 2 is 1.45 bits per heavy atom. The number of allylic oxidation sites excluding steroid dienone is 1. The Labute approximate surface area is 171 Å². The first-order valence-electron chi connectivity index (χ1n) is 9.61. The summed E-state index contributed by atoms with van der Waals surface area (Å²) in [5.74, 6) is 1.03. The number of benzene rings is 2. The highest BCUT2D eigenvalue weighted by Crippen LogP contribution is 2.34. The second-order valence-corrected chi connectivity index (χ2v) is 6.75. The molecular weight excluding hydrogens is 368 g/mol. The molecule has 0 spiro atoms. The molecule has 1 heterocycles. The minimum atomic E-state index is -0.0801. The fraction of sp³-hybridized carbons (Fsp3) is 0.304. The van der Waals surface area contributed by atoms with Crippen molar-refractivity contribution in [2.75, 3.05) is 40.4 Å². The van der Waals surface area contributed by atoms with Crippen molar-refractivity contribution in [2.45, 2.75) is 6.92 Å². The van der Waals surface area contributed by atoms with Crippen LogP contribution in [0.3, 0.4) is 0 Å². The third kappa shape index (κ3) is 4.42. The van der Waals surface area contributed by atoms with Crippen LogP contribution in [0, 0.1) is 0 Å². The van der Waals surface area contributed by atoms with Crippen molar-refractivity contribution in [3.8, 4) is 11.5 Å². The number of carbonyl (C=O) groups is 2. The Hall–Kier alpha value is -3.28. The van der Waals surface area contributed by atoms with E-state index in [-0.39, 0.29) is 11.8 Å². The van der Waals surface area contributed by atoms with Gasteiger partial charge in [-0.15, -0.1) is 0 Å². The van der Waals surface area contributed by atoms with Crippen LogP contribution in [0.15, 0.2) is 48.5 Å². The number of methoxy groups -OCH3 is 2. The van der Waals surface area contributed by atoms with Gasteiger partial charge in [-0.1, -0.05) is 30.4 Å². The monoisotopic (exact) mass is 394 g/mol. The van der Waals surface area contributed by atoms with Crippen LogP contribution in [0.5, 0.6) is 11.5 Å². The molecule has 1 aliphatic rings. The van der Waals surface area contributed by atoms with Crippen molar-refractivity contribution < 1.29 is 19.1 Å².